The number of hydrogen-bond donors (Lipinski definition) is 4. The van der Waals surface area contributed by atoms with E-state index >= 15 is 0 Å². The van der Waals surface area contributed by atoms with Crippen LogP contribution >= 0.6 is 0 Å². The zero-order valence-electron chi connectivity index (χ0n) is 24.0. The highest BCUT2D eigenvalue weighted by atomic mass is 32.2. The molecule has 3 aromatic rings. The lowest BCUT2D eigenvalue weighted by Gasteiger charge is -2.26. The fourth-order valence-corrected chi connectivity index (χ4v) is 5.48. The minimum Gasteiger partial charge on any atom is -0.475 e. The molecule has 1 aromatic carbocycles. The number of aromatic nitrogens is 3. The minimum atomic E-state index is -5.08. The summed E-state index contributed by atoms with van der Waals surface area (Å²) >= 11 is 0. The van der Waals surface area contributed by atoms with Crippen LogP contribution < -0.4 is 15.8 Å². The van der Waals surface area contributed by atoms with Crippen molar-refractivity contribution in [2.75, 3.05) is 15.8 Å². The maximum absolute atomic E-state index is 14.8. The van der Waals surface area contributed by atoms with Gasteiger partial charge in [0.25, 0.3) is 0 Å². The van der Waals surface area contributed by atoms with Crippen molar-refractivity contribution in [2.24, 2.45) is 5.73 Å². The van der Waals surface area contributed by atoms with Gasteiger partial charge in [0.15, 0.2) is 0 Å². The molecule has 0 amide bonds. The van der Waals surface area contributed by atoms with Crippen molar-refractivity contribution < 1.29 is 49.1 Å². The lowest BCUT2D eigenvalue weighted by atomic mass is 9.92. The van der Waals surface area contributed by atoms with E-state index in [9.17, 15) is 39.2 Å². The number of carbonyl (C=O) groups is 1. The molecule has 0 spiro atoms. The average molecular weight is 669 g/mol. The maximum atomic E-state index is 14.8. The summed E-state index contributed by atoms with van der Waals surface area (Å²) in [5.41, 5.74) is 8.40. The van der Waals surface area contributed by atoms with Crippen molar-refractivity contribution in [1.82, 2.24) is 15.0 Å². The summed E-state index contributed by atoms with van der Waals surface area (Å²) in [5.74, 6) is -4.34. The largest absolute Gasteiger partial charge is 0.490 e. The Bertz CT molecular complexity index is 1610. The number of alkyl halides is 6. The normalized spacial score (nSPS) is 17.5. The fraction of sp³-hybridized carbons (Fsp3) is 0.481. The number of nitrogens with two attached hydrogens (primary N) is 1. The highest BCUT2D eigenvalue weighted by molar-refractivity contribution is 7.92. The third kappa shape index (κ3) is 10.7. The van der Waals surface area contributed by atoms with E-state index in [2.05, 4.69) is 15.3 Å². The third-order valence-electron chi connectivity index (χ3n) is 6.73. The molecule has 2 heterocycles. The predicted octanol–water partition coefficient (Wildman–Crippen LogP) is 5.96. The Labute approximate surface area is 253 Å². The molecular formula is C27H31F7N6O4S. The topological polar surface area (TPSA) is 160 Å². The highest BCUT2D eigenvalue weighted by Gasteiger charge is 2.38. The Hall–Kier alpha value is -3.80. The number of rotatable bonds is 8. The molecule has 0 radical (unpaired) electrons. The monoisotopic (exact) mass is 668 g/mol. The molecule has 248 valence electrons. The van der Waals surface area contributed by atoms with Crippen LogP contribution in [0.3, 0.4) is 0 Å². The molecule has 0 atom stereocenters. The second-order valence-electron chi connectivity index (χ2n) is 10.7. The fourth-order valence-electron chi connectivity index (χ4n) is 4.38. The van der Waals surface area contributed by atoms with Crippen LogP contribution in [0.2, 0.25) is 0 Å². The van der Waals surface area contributed by atoms with Crippen LogP contribution in [-0.2, 0) is 14.8 Å². The standard InChI is InChI=1S/C25H30F4N6O2S.C2HF3O2/c1-14(2)18-12-21(15-3-8-20(19(26)11-15)35-38(36,37)10-9-25(27,28)29)33-22-13-31-24(34-23(18)22)32-17-6-4-16(30)5-7-17;3-2(4,5)1(6)7/h3,8,11-14,16-17,35H,4-7,9-10,30H2,1-2H3,(H,31,32,34);(H,6,7). The van der Waals surface area contributed by atoms with E-state index < -0.39 is 52.0 Å². The SMILES string of the molecule is CC(C)c1cc(-c2ccc(NS(=O)(=O)CCC(F)(F)F)c(F)c2)nc2cnc(NC3CCC(N)CC3)nc12.O=C(O)C(F)(F)F. The van der Waals surface area contributed by atoms with Gasteiger partial charge in [0, 0.05) is 17.6 Å². The minimum absolute atomic E-state index is 0.0549. The molecule has 0 unspecified atom stereocenters. The zero-order chi connectivity index (χ0) is 33.7. The molecule has 0 bridgehead atoms. The first-order chi connectivity index (χ1) is 20.7. The number of pyridine rings is 1. The molecule has 1 fully saturated rings. The molecule has 4 rings (SSSR count). The Morgan fingerprint density at radius 2 is 1.69 bits per heavy atom. The summed E-state index contributed by atoms with van der Waals surface area (Å²) in [5, 5.41) is 10.5. The lowest BCUT2D eigenvalue weighted by molar-refractivity contribution is -0.192. The van der Waals surface area contributed by atoms with E-state index in [1.54, 1.807) is 12.3 Å². The number of sulfonamides is 1. The zero-order valence-corrected chi connectivity index (χ0v) is 24.8. The number of aliphatic carboxylic acids is 1. The van der Waals surface area contributed by atoms with Gasteiger partial charge in [0.2, 0.25) is 16.0 Å². The van der Waals surface area contributed by atoms with Gasteiger partial charge in [-0.1, -0.05) is 19.9 Å². The number of hydrogen-bond acceptors (Lipinski definition) is 8. The van der Waals surface area contributed by atoms with Gasteiger partial charge < -0.3 is 16.2 Å². The second-order valence-corrected chi connectivity index (χ2v) is 12.6. The Morgan fingerprint density at radius 3 is 2.22 bits per heavy atom. The number of halogens is 7. The van der Waals surface area contributed by atoms with E-state index in [1.807, 2.05) is 18.6 Å². The van der Waals surface area contributed by atoms with Crippen molar-refractivity contribution >= 4 is 38.7 Å². The summed E-state index contributed by atoms with van der Waals surface area (Å²) in [6, 6.07) is 5.98. The van der Waals surface area contributed by atoms with Gasteiger partial charge in [-0.2, -0.15) is 26.3 Å². The van der Waals surface area contributed by atoms with Crippen molar-refractivity contribution in [2.45, 2.75) is 76.3 Å². The number of fused-ring (bicyclic) bond motifs is 1. The summed E-state index contributed by atoms with van der Waals surface area (Å²) in [4.78, 5) is 22.6. The van der Waals surface area contributed by atoms with Crippen LogP contribution in [0, 0.1) is 5.82 Å². The second kappa shape index (κ2) is 14.1. The molecule has 1 saturated carbocycles. The van der Waals surface area contributed by atoms with Gasteiger partial charge in [-0.3, -0.25) is 4.72 Å². The summed E-state index contributed by atoms with van der Waals surface area (Å²) in [7, 11) is -4.39. The van der Waals surface area contributed by atoms with Gasteiger partial charge >= 0.3 is 18.3 Å². The van der Waals surface area contributed by atoms with Crippen molar-refractivity contribution in [3.63, 3.8) is 0 Å². The van der Waals surface area contributed by atoms with E-state index in [0.29, 0.717) is 28.2 Å². The van der Waals surface area contributed by atoms with Crippen molar-refractivity contribution in [3.8, 4) is 11.3 Å². The molecule has 1 aliphatic rings. The molecule has 0 aliphatic heterocycles. The summed E-state index contributed by atoms with van der Waals surface area (Å²) in [6.45, 7) is 3.99. The van der Waals surface area contributed by atoms with Crippen LogP contribution in [0.25, 0.3) is 22.3 Å². The smallest absolute Gasteiger partial charge is 0.475 e. The van der Waals surface area contributed by atoms with Crippen LogP contribution in [0.5, 0.6) is 0 Å². The molecule has 0 saturated heterocycles. The molecule has 45 heavy (non-hydrogen) atoms. The first kappa shape index (κ1) is 35.7. The van der Waals surface area contributed by atoms with Crippen LogP contribution in [-0.4, -0.2) is 64.6 Å². The number of benzene rings is 1. The molecule has 18 heteroatoms. The highest BCUT2D eigenvalue weighted by Crippen LogP contribution is 2.31. The molecule has 2 aromatic heterocycles. The van der Waals surface area contributed by atoms with Crippen molar-refractivity contribution in [3.05, 3.63) is 41.8 Å². The molecule has 1 aliphatic carbocycles. The predicted molar refractivity (Wildman–Crippen MR) is 152 cm³/mol. The number of carboxylic acid groups (broad SMARTS) is 1. The summed E-state index contributed by atoms with van der Waals surface area (Å²) < 4.78 is 110. The first-order valence-corrected chi connectivity index (χ1v) is 15.3. The summed E-state index contributed by atoms with van der Waals surface area (Å²) in [6.07, 6.45) is -5.88. The number of nitrogens with zero attached hydrogens (tertiary/aromatic N) is 3. The van der Waals surface area contributed by atoms with E-state index in [-0.39, 0.29) is 18.0 Å². The Balaban J connectivity index is 0.000000707. The number of carboxylic acids is 1. The molecule has 5 N–H and O–H groups in total. The van der Waals surface area contributed by atoms with Crippen LogP contribution in [0.4, 0.5) is 42.4 Å². The van der Waals surface area contributed by atoms with E-state index in [0.717, 1.165) is 43.4 Å². The lowest BCUT2D eigenvalue weighted by Crippen LogP contribution is -2.33. The third-order valence-corrected chi connectivity index (χ3v) is 8.00. The Kier molecular flexibility index (Phi) is 11.2. The number of anilines is 2. The van der Waals surface area contributed by atoms with Crippen molar-refractivity contribution in [1.29, 1.82) is 0 Å². The van der Waals surface area contributed by atoms with Crippen LogP contribution in [0.1, 0.15) is 57.4 Å². The van der Waals surface area contributed by atoms with Gasteiger partial charge in [-0.15, -0.1) is 0 Å². The maximum Gasteiger partial charge on any atom is 0.490 e. The molecular weight excluding hydrogens is 637 g/mol. The average Bonchev–Trinajstić information content (AvgIpc) is 2.93. The quantitative estimate of drug-likeness (QED) is 0.212. The van der Waals surface area contributed by atoms with Gasteiger partial charge in [-0.05, 0) is 55.4 Å². The van der Waals surface area contributed by atoms with Gasteiger partial charge in [0.05, 0.1) is 35.3 Å². The Morgan fingerprint density at radius 1 is 1.07 bits per heavy atom. The number of nitrogens with one attached hydrogen (secondary N) is 2. The van der Waals surface area contributed by atoms with Gasteiger partial charge in [0.1, 0.15) is 11.3 Å². The van der Waals surface area contributed by atoms with E-state index in [4.69, 9.17) is 20.6 Å². The molecule has 10 nitrogen and oxygen atoms in total. The van der Waals surface area contributed by atoms with E-state index in [1.165, 1.54) is 6.07 Å². The van der Waals surface area contributed by atoms with Crippen LogP contribution in [0.15, 0.2) is 30.5 Å². The van der Waals surface area contributed by atoms with Gasteiger partial charge in [-0.25, -0.2) is 32.6 Å². The first-order valence-electron chi connectivity index (χ1n) is 13.6.